The second-order valence-corrected chi connectivity index (χ2v) is 9.72. The van der Waals surface area contributed by atoms with Crippen LogP contribution < -0.4 is 10.6 Å². The van der Waals surface area contributed by atoms with E-state index in [-0.39, 0.29) is 18.2 Å². The minimum absolute atomic E-state index is 0.0450. The quantitative estimate of drug-likeness (QED) is 0.228. The highest BCUT2D eigenvalue weighted by Gasteiger charge is 2.36. The Hall–Kier alpha value is -2.48. The number of carbonyl (C=O) groups excluding carboxylic acids is 3. The lowest BCUT2D eigenvalue weighted by Gasteiger charge is -2.34. The zero-order valence-corrected chi connectivity index (χ0v) is 22.3. The number of nitrogens with zero attached hydrogens (tertiary/aromatic N) is 1. The van der Waals surface area contributed by atoms with Crippen LogP contribution in [0.15, 0.2) is 30.9 Å². The Morgan fingerprint density at radius 2 is 1.88 bits per heavy atom. The molecule has 0 aromatic heterocycles. The first-order chi connectivity index (χ1) is 16.0. The molecule has 190 valence electrons. The van der Waals surface area contributed by atoms with E-state index < -0.39 is 29.7 Å². The number of aryl methyl sites for hydroxylation is 1. The smallest absolute Gasteiger partial charge is 0.408 e. The van der Waals surface area contributed by atoms with Gasteiger partial charge in [0.2, 0.25) is 11.8 Å². The van der Waals surface area contributed by atoms with Crippen molar-refractivity contribution in [3.63, 3.8) is 0 Å². The predicted molar refractivity (Wildman–Crippen MR) is 140 cm³/mol. The van der Waals surface area contributed by atoms with E-state index in [9.17, 15) is 14.4 Å². The molecule has 2 unspecified atom stereocenters. The van der Waals surface area contributed by atoms with Crippen LogP contribution in [0.3, 0.4) is 0 Å². The Balaban J connectivity index is 3.34. The lowest BCUT2D eigenvalue weighted by atomic mass is 9.95. The largest absolute Gasteiger partial charge is 0.444 e. The van der Waals surface area contributed by atoms with Crippen molar-refractivity contribution >= 4 is 30.5 Å². The molecule has 3 amide bonds. The zero-order valence-electron chi connectivity index (χ0n) is 21.4. The normalized spacial score (nSPS) is 12.9. The van der Waals surface area contributed by atoms with Gasteiger partial charge in [-0.3, -0.25) is 9.59 Å². The summed E-state index contributed by atoms with van der Waals surface area (Å²) in [4.78, 5) is 40.9. The van der Waals surface area contributed by atoms with Gasteiger partial charge in [-0.15, -0.1) is 6.58 Å². The van der Waals surface area contributed by atoms with Gasteiger partial charge in [-0.25, -0.2) is 4.79 Å². The summed E-state index contributed by atoms with van der Waals surface area (Å²) in [5, 5.41) is 5.59. The van der Waals surface area contributed by atoms with Crippen LogP contribution >= 0.6 is 12.6 Å². The second kappa shape index (κ2) is 14.0. The number of thiol groups is 1. The van der Waals surface area contributed by atoms with Gasteiger partial charge in [-0.05, 0) is 57.7 Å². The molecule has 0 fully saturated rings. The van der Waals surface area contributed by atoms with Crippen LogP contribution in [0.5, 0.6) is 0 Å². The van der Waals surface area contributed by atoms with Gasteiger partial charge in [-0.1, -0.05) is 44.0 Å². The first kappa shape index (κ1) is 29.6. The molecule has 2 N–H and O–H groups in total. The third-order valence-electron chi connectivity index (χ3n) is 5.36. The Kier molecular flexibility index (Phi) is 12.2. The van der Waals surface area contributed by atoms with Crippen LogP contribution in [0.2, 0.25) is 0 Å². The average Bonchev–Trinajstić information content (AvgIpc) is 2.75. The van der Waals surface area contributed by atoms with E-state index in [1.807, 2.05) is 32.0 Å². The minimum Gasteiger partial charge on any atom is -0.444 e. The Bertz CT molecular complexity index is 851. The number of benzene rings is 1. The molecule has 0 saturated heterocycles. The SMILES string of the molecule is C=CCN(C(=O)C(CS)NC(=O)OC(C)(C)C)C(C(=O)NCCCCC)c1cccc(C)c1C. The van der Waals surface area contributed by atoms with Crippen LogP contribution in [0, 0.1) is 13.8 Å². The molecule has 34 heavy (non-hydrogen) atoms. The van der Waals surface area contributed by atoms with Gasteiger partial charge in [0, 0.05) is 18.8 Å². The molecule has 0 radical (unpaired) electrons. The molecule has 0 bridgehead atoms. The van der Waals surface area contributed by atoms with E-state index in [2.05, 4.69) is 36.8 Å². The third kappa shape index (κ3) is 9.05. The molecular formula is C26H41N3O4S. The van der Waals surface area contributed by atoms with Crippen LogP contribution in [0.1, 0.15) is 69.7 Å². The van der Waals surface area contributed by atoms with Crippen molar-refractivity contribution in [2.45, 2.75) is 78.5 Å². The monoisotopic (exact) mass is 491 g/mol. The van der Waals surface area contributed by atoms with Crippen LogP contribution in [-0.2, 0) is 14.3 Å². The number of amides is 3. The standard InChI is InChI=1S/C26H41N3O4S/c1-8-10-11-15-27-23(30)22(20-14-12-13-18(3)19(20)4)29(16-9-2)24(31)21(17-34)28-25(32)33-26(5,6)7/h9,12-14,21-22,34H,2,8,10-11,15-17H2,1,3-7H3,(H,27,30)(H,28,32). The minimum atomic E-state index is -0.973. The molecule has 0 saturated carbocycles. The summed E-state index contributed by atoms with van der Waals surface area (Å²) in [7, 11) is 0. The van der Waals surface area contributed by atoms with Crippen molar-refractivity contribution in [3.05, 3.63) is 47.5 Å². The molecule has 0 aliphatic rings. The molecule has 0 heterocycles. The van der Waals surface area contributed by atoms with E-state index in [4.69, 9.17) is 4.74 Å². The molecule has 7 nitrogen and oxygen atoms in total. The van der Waals surface area contributed by atoms with Crippen LogP contribution in [-0.4, -0.2) is 53.3 Å². The highest BCUT2D eigenvalue weighted by atomic mass is 32.1. The van der Waals surface area contributed by atoms with Crippen molar-refractivity contribution in [3.8, 4) is 0 Å². The first-order valence-electron chi connectivity index (χ1n) is 11.8. The number of nitrogens with one attached hydrogen (secondary N) is 2. The van der Waals surface area contributed by atoms with Crippen molar-refractivity contribution in [1.29, 1.82) is 0 Å². The maximum atomic E-state index is 13.6. The number of hydrogen-bond donors (Lipinski definition) is 3. The molecule has 0 aliphatic heterocycles. The van der Waals surface area contributed by atoms with E-state index in [1.54, 1.807) is 26.8 Å². The summed E-state index contributed by atoms with van der Waals surface area (Å²) in [5.41, 5.74) is 1.97. The lowest BCUT2D eigenvalue weighted by molar-refractivity contribution is -0.141. The van der Waals surface area contributed by atoms with E-state index in [0.29, 0.717) is 6.54 Å². The number of alkyl carbamates (subject to hydrolysis) is 1. The van der Waals surface area contributed by atoms with Crippen molar-refractivity contribution in [2.24, 2.45) is 0 Å². The van der Waals surface area contributed by atoms with E-state index >= 15 is 0 Å². The van der Waals surface area contributed by atoms with E-state index in [1.165, 1.54) is 4.90 Å². The average molecular weight is 492 g/mol. The molecule has 2 atom stereocenters. The van der Waals surface area contributed by atoms with Crippen LogP contribution in [0.25, 0.3) is 0 Å². The molecule has 1 aromatic rings. The number of ether oxygens (including phenoxy) is 1. The number of rotatable bonds is 12. The lowest BCUT2D eigenvalue weighted by Crippen LogP contribution is -2.54. The van der Waals surface area contributed by atoms with Crippen molar-refractivity contribution in [2.75, 3.05) is 18.8 Å². The van der Waals surface area contributed by atoms with Gasteiger partial charge in [0.15, 0.2) is 0 Å². The topological polar surface area (TPSA) is 87.7 Å². The second-order valence-electron chi connectivity index (χ2n) is 9.35. The van der Waals surface area contributed by atoms with Gasteiger partial charge in [0.1, 0.15) is 17.7 Å². The molecule has 1 aromatic carbocycles. The number of unbranched alkanes of at least 4 members (excludes halogenated alkanes) is 2. The summed E-state index contributed by atoms with van der Waals surface area (Å²) in [6, 6.07) is 3.85. The molecule has 0 aliphatic carbocycles. The highest BCUT2D eigenvalue weighted by Crippen LogP contribution is 2.27. The summed E-state index contributed by atoms with van der Waals surface area (Å²) in [6.07, 6.45) is 3.76. The summed E-state index contributed by atoms with van der Waals surface area (Å²) in [5.74, 6) is -0.658. The third-order valence-corrected chi connectivity index (χ3v) is 5.73. The van der Waals surface area contributed by atoms with E-state index in [0.717, 1.165) is 36.0 Å². The molecule has 0 spiro atoms. The summed E-state index contributed by atoms with van der Waals surface area (Å²) < 4.78 is 5.31. The Morgan fingerprint density at radius 1 is 1.21 bits per heavy atom. The number of carbonyl (C=O) groups is 3. The molecule has 1 rings (SSSR count). The molecular weight excluding hydrogens is 450 g/mol. The highest BCUT2D eigenvalue weighted by molar-refractivity contribution is 7.80. The zero-order chi connectivity index (χ0) is 25.9. The first-order valence-corrected chi connectivity index (χ1v) is 12.5. The van der Waals surface area contributed by atoms with Gasteiger partial charge >= 0.3 is 6.09 Å². The summed E-state index contributed by atoms with van der Waals surface area (Å²) in [6.45, 7) is 15.7. The predicted octanol–water partition coefficient (Wildman–Crippen LogP) is 4.49. The van der Waals surface area contributed by atoms with Gasteiger partial charge in [-0.2, -0.15) is 12.6 Å². The fourth-order valence-corrected chi connectivity index (χ4v) is 3.75. The maximum absolute atomic E-state index is 13.6. The molecule has 8 heteroatoms. The van der Waals surface area contributed by atoms with Gasteiger partial charge in [0.25, 0.3) is 0 Å². The summed E-state index contributed by atoms with van der Waals surface area (Å²) >= 11 is 4.28. The Morgan fingerprint density at radius 3 is 2.44 bits per heavy atom. The fourth-order valence-electron chi connectivity index (χ4n) is 3.50. The van der Waals surface area contributed by atoms with Gasteiger partial charge < -0.3 is 20.3 Å². The van der Waals surface area contributed by atoms with Crippen molar-refractivity contribution < 1.29 is 19.1 Å². The Labute approximate surface area is 210 Å². The fraction of sp³-hybridized carbons (Fsp3) is 0.577. The maximum Gasteiger partial charge on any atom is 0.408 e. The van der Waals surface area contributed by atoms with Crippen LogP contribution in [0.4, 0.5) is 4.79 Å². The van der Waals surface area contributed by atoms with Crippen molar-refractivity contribution in [1.82, 2.24) is 15.5 Å². The number of hydrogen-bond acceptors (Lipinski definition) is 5. The van der Waals surface area contributed by atoms with Gasteiger partial charge in [0.05, 0.1) is 0 Å².